The van der Waals surface area contributed by atoms with E-state index in [0.717, 1.165) is 12.1 Å². The van der Waals surface area contributed by atoms with E-state index in [1.54, 1.807) is 19.9 Å². The minimum Gasteiger partial charge on any atom is -0.353 e. The van der Waals surface area contributed by atoms with Crippen LogP contribution in [0.25, 0.3) is 0 Å². The molecular formula is C16H20F3N3O2. The Balaban J connectivity index is 2.03. The van der Waals surface area contributed by atoms with Crippen molar-refractivity contribution < 1.29 is 22.8 Å². The Labute approximate surface area is 138 Å². The molecule has 1 aliphatic rings. The second kappa shape index (κ2) is 6.80. The maximum Gasteiger partial charge on any atom is 0.416 e. The number of nitrogens with one attached hydrogen (secondary N) is 2. The van der Waals surface area contributed by atoms with E-state index >= 15 is 0 Å². The highest BCUT2D eigenvalue weighted by molar-refractivity contribution is 5.86. The van der Waals surface area contributed by atoms with E-state index < -0.39 is 17.3 Å². The Morgan fingerprint density at radius 2 is 1.96 bits per heavy atom. The molecule has 2 N–H and O–H groups in total. The maximum absolute atomic E-state index is 12.8. The van der Waals surface area contributed by atoms with Crippen molar-refractivity contribution in [3.63, 3.8) is 0 Å². The highest BCUT2D eigenvalue weighted by Crippen LogP contribution is 2.31. The molecule has 1 aromatic rings. The Morgan fingerprint density at radius 3 is 2.58 bits per heavy atom. The van der Waals surface area contributed by atoms with Crippen LogP contribution >= 0.6 is 0 Å². The quantitative estimate of drug-likeness (QED) is 0.871. The van der Waals surface area contributed by atoms with Gasteiger partial charge in [0, 0.05) is 18.6 Å². The summed E-state index contributed by atoms with van der Waals surface area (Å²) >= 11 is 0. The number of rotatable bonds is 4. The number of halogens is 3. The lowest BCUT2D eigenvalue weighted by molar-refractivity contribution is -0.138. The molecule has 0 aromatic heterocycles. The lowest BCUT2D eigenvalue weighted by atomic mass is 9.92. The summed E-state index contributed by atoms with van der Waals surface area (Å²) in [4.78, 5) is 24.9. The van der Waals surface area contributed by atoms with Gasteiger partial charge in [-0.2, -0.15) is 13.2 Å². The minimum absolute atomic E-state index is 0.00447. The first-order valence-electron chi connectivity index (χ1n) is 7.57. The molecule has 0 spiro atoms. The average Bonchev–Trinajstić information content (AvgIpc) is 2.52. The summed E-state index contributed by atoms with van der Waals surface area (Å²) in [5.41, 5.74) is -1.12. The molecule has 132 valence electrons. The summed E-state index contributed by atoms with van der Waals surface area (Å²) in [6.45, 7) is 4.19. The molecule has 1 fully saturated rings. The van der Waals surface area contributed by atoms with Gasteiger partial charge in [0.15, 0.2) is 0 Å². The Bertz CT molecular complexity index is 629. The van der Waals surface area contributed by atoms with Crippen molar-refractivity contribution in [3.8, 4) is 0 Å². The number of carbonyl (C=O) groups excluding carboxylic acids is 2. The molecule has 1 aromatic carbocycles. The standard InChI is InChI=1S/C16H20F3N3O2/c1-15(2,11-4-3-5-12(8-11)16(17,18)19)21-9-14(24)22-7-6-20-13(23)10-22/h3-5,8,21H,6-7,9-10H2,1-2H3,(H,20,23). The van der Waals surface area contributed by atoms with Crippen LogP contribution in [0.3, 0.4) is 0 Å². The molecule has 0 bridgehead atoms. The van der Waals surface area contributed by atoms with Crippen molar-refractivity contribution in [2.45, 2.75) is 25.6 Å². The fourth-order valence-corrected chi connectivity index (χ4v) is 2.45. The van der Waals surface area contributed by atoms with Crippen molar-refractivity contribution in [1.82, 2.24) is 15.5 Å². The smallest absolute Gasteiger partial charge is 0.353 e. The molecule has 0 radical (unpaired) electrons. The van der Waals surface area contributed by atoms with Gasteiger partial charge in [0.2, 0.25) is 11.8 Å². The Morgan fingerprint density at radius 1 is 1.29 bits per heavy atom. The summed E-state index contributed by atoms with van der Waals surface area (Å²) in [7, 11) is 0. The number of piperazine rings is 1. The number of hydrogen-bond donors (Lipinski definition) is 2. The van der Waals surface area contributed by atoms with Crippen molar-refractivity contribution in [1.29, 1.82) is 0 Å². The molecule has 2 amide bonds. The van der Waals surface area contributed by atoms with Gasteiger partial charge < -0.3 is 10.2 Å². The molecule has 5 nitrogen and oxygen atoms in total. The summed E-state index contributed by atoms with van der Waals surface area (Å²) in [5, 5.41) is 5.60. The Hall–Kier alpha value is -2.09. The SMILES string of the molecule is CC(C)(NCC(=O)N1CCNC(=O)C1)c1cccc(C(F)(F)F)c1. The van der Waals surface area contributed by atoms with Gasteiger partial charge in [-0.3, -0.25) is 14.9 Å². The first-order chi connectivity index (χ1) is 11.1. The van der Waals surface area contributed by atoms with Gasteiger partial charge >= 0.3 is 6.18 Å². The van der Waals surface area contributed by atoms with Gasteiger partial charge in [0.25, 0.3) is 0 Å². The molecule has 2 rings (SSSR count). The predicted molar refractivity (Wildman–Crippen MR) is 82.1 cm³/mol. The van der Waals surface area contributed by atoms with Gasteiger partial charge in [-0.1, -0.05) is 12.1 Å². The third-order valence-corrected chi connectivity index (χ3v) is 3.98. The van der Waals surface area contributed by atoms with Crippen molar-refractivity contribution >= 4 is 11.8 Å². The summed E-state index contributed by atoms with van der Waals surface area (Å²) in [6.07, 6.45) is -4.41. The number of hydrogen-bond acceptors (Lipinski definition) is 3. The number of amides is 2. The van der Waals surface area contributed by atoms with E-state index in [1.165, 1.54) is 11.0 Å². The zero-order valence-electron chi connectivity index (χ0n) is 13.5. The molecule has 0 saturated carbocycles. The molecule has 0 unspecified atom stereocenters. The van der Waals surface area contributed by atoms with Gasteiger partial charge in [0.1, 0.15) is 0 Å². The van der Waals surface area contributed by atoms with E-state index in [-0.39, 0.29) is 24.9 Å². The topological polar surface area (TPSA) is 61.4 Å². The van der Waals surface area contributed by atoms with E-state index in [2.05, 4.69) is 10.6 Å². The third-order valence-electron chi connectivity index (χ3n) is 3.98. The fraction of sp³-hybridized carbons (Fsp3) is 0.500. The maximum atomic E-state index is 12.8. The third kappa shape index (κ3) is 4.47. The zero-order valence-corrected chi connectivity index (χ0v) is 13.5. The lowest BCUT2D eigenvalue weighted by Crippen LogP contribution is -2.53. The average molecular weight is 343 g/mol. The van der Waals surface area contributed by atoms with E-state index in [9.17, 15) is 22.8 Å². The normalized spacial score (nSPS) is 16.0. The monoisotopic (exact) mass is 343 g/mol. The molecule has 1 saturated heterocycles. The number of alkyl halides is 3. The highest BCUT2D eigenvalue weighted by atomic mass is 19.4. The summed E-state index contributed by atoms with van der Waals surface area (Å²) in [6, 6.07) is 5.02. The highest BCUT2D eigenvalue weighted by Gasteiger charge is 2.32. The van der Waals surface area contributed by atoms with Crippen LogP contribution in [0.1, 0.15) is 25.0 Å². The van der Waals surface area contributed by atoms with E-state index in [0.29, 0.717) is 18.7 Å². The lowest BCUT2D eigenvalue weighted by Gasteiger charge is -2.31. The van der Waals surface area contributed by atoms with Crippen LogP contribution in [0.4, 0.5) is 13.2 Å². The second-order valence-corrected chi connectivity index (χ2v) is 6.22. The van der Waals surface area contributed by atoms with Crippen molar-refractivity contribution in [3.05, 3.63) is 35.4 Å². The zero-order chi connectivity index (χ0) is 18.0. The van der Waals surface area contributed by atoms with Gasteiger partial charge in [-0.25, -0.2) is 0 Å². The van der Waals surface area contributed by atoms with E-state index in [1.807, 2.05) is 0 Å². The first kappa shape index (κ1) is 18.3. The number of nitrogens with zero attached hydrogens (tertiary/aromatic N) is 1. The summed E-state index contributed by atoms with van der Waals surface area (Å²) in [5.74, 6) is -0.475. The van der Waals surface area contributed by atoms with Crippen LogP contribution in [-0.4, -0.2) is 42.9 Å². The van der Waals surface area contributed by atoms with Gasteiger partial charge in [0.05, 0.1) is 18.7 Å². The molecule has 8 heteroatoms. The molecule has 1 aliphatic heterocycles. The van der Waals surface area contributed by atoms with Crippen LogP contribution in [0.2, 0.25) is 0 Å². The van der Waals surface area contributed by atoms with Crippen LogP contribution in [-0.2, 0) is 21.3 Å². The Kier molecular flexibility index (Phi) is 5.17. The fourth-order valence-electron chi connectivity index (χ4n) is 2.45. The van der Waals surface area contributed by atoms with Crippen LogP contribution in [0.15, 0.2) is 24.3 Å². The predicted octanol–water partition coefficient (Wildman–Crippen LogP) is 1.49. The molecule has 24 heavy (non-hydrogen) atoms. The number of benzene rings is 1. The van der Waals surface area contributed by atoms with Crippen LogP contribution < -0.4 is 10.6 Å². The largest absolute Gasteiger partial charge is 0.416 e. The molecular weight excluding hydrogens is 323 g/mol. The second-order valence-electron chi connectivity index (χ2n) is 6.22. The van der Waals surface area contributed by atoms with Crippen LogP contribution in [0.5, 0.6) is 0 Å². The first-order valence-corrected chi connectivity index (χ1v) is 7.57. The van der Waals surface area contributed by atoms with Gasteiger partial charge in [-0.15, -0.1) is 0 Å². The molecule has 0 atom stereocenters. The molecule has 1 heterocycles. The number of carbonyl (C=O) groups is 2. The van der Waals surface area contributed by atoms with Gasteiger partial charge in [-0.05, 0) is 31.5 Å². The molecule has 0 aliphatic carbocycles. The van der Waals surface area contributed by atoms with Crippen molar-refractivity contribution in [2.75, 3.05) is 26.2 Å². The van der Waals surface area contributed by atoms with Crippen molar-refractivity contribution in [2.24, 2.45) is 0 Å². The minimum atomic E-state index is -4.41. The van der Waals surface area contributed by atoms with Crippen LogP contribution in [0, 0.1) is 0 Å². The summed E-state index contributed by atoms with van der Waals surface area (Å²) < 4.78 is 38.5. The van der Waals surface area contributed by atoms with E-state index in [4.69, 9.17) is 0 Å².